The molecule has 2 N–H and O–H groups in total. The van der Waals surface area contributed by atoms with E-state index in [-0.39, 0.29) is 0 Å². The molecule has 1 aromatic rings. The Balaban J connectivity index is 2.39. The molecule has 0 unspecified atom stereocenters. The van der Waals surface area contributed by atoms with Crippen molar-refractivity contribution in [2.75, 3.05) is 19.6 Å². The lowest BCUT2D eigenvalue weighted by molar-refractivity contribution is 0.845. The summed E-state index contributed by atoms with van der Waals surface area (Å²) in [6.07, 6.45) is 2.70. The van der Waals surface area contributed by atoms with Gasteiger partial charge in [0.15, 0.2) is 5.96 Å². The lowest BCUT2D eigenvalue weighted by Crippen LogP contribution is -2.37. The van der Waals surface area contributed by atoms with Crippen LogP contribution in [0.15, 0.2) is 23.0 Å². The van der Waals surface area contributed by atoms with Crippen LogP contribution in [0.4, 0.5) is 0 Å². The van der Waals surface area contributed by atoms with Gasteiger partial charge >= 0.3 is 0 Å². The van der Waals surface area contributed by atoms with E-state index >= 15 is 0 Å². The minimum Gasteiger partial charge on any atom is -0.357 e. The summed E-state index contributed by atoms with van der Waals surface area (Å²) < 4.78 is 0. The topological polar surface area (TPSA) is 49.3 Å². The summed E-state index contributed by atoms with van der Waals surface area (Å²) in [5.41, 5.74) is 1.12. The zero-order valence-electron chi connectivity index (χ0n) is 10.5. The van der Waals surface area contributed by atoms with E-state index in [9.17, 15) is 0 Å². The first-order valence-electron chi connectivity index (χ1n) is 5.80. The lowest BCUT2D eigenvalue weighted by Gasteiger charge is -2.08. The standard InChI is InChI=1S/C12H20N4S/c1-4-7-14-12(13-5-2)15-8-6-11-9-17-10(3)16-11/h4,9H,1,5-8H2,2-3H3,(H2,13,14,15). The predicted molar refractivity (Wildman–Crippen MR) is 74.7 cm³/mol. The van der Waals surface area contributed by atoms with E-state index in [0.717, 1.165) is 42.7 Å². The van der Waals surface area contributed by atoms with Crippen molar-refractivity contribution < 1.29 is 0 Å². The summed E-state index contributed by atoms with van der Waals surface area (Å²) in [4.78, 5) is 8.87. The normalized spacial score (nSPS) is 11.3. The first-order valence-corrected chi connectivity index (χ1v) is 6.68. The third-order valence-corrected chi connectivity index (χ3v) is 2.88. The van der Waals surface area contributed by atoms with Crippen LogP contribution in [-0.2, 0) is 6.42 Å². The molecular formula is C12H20N4S. The number of rotatable bonds is 6. The SMILES string of the molecule is C=CCNC(=NCCc1csc(C)n1)NCC. The van der Waals surface area contributed by atoms with Crippen LogP contribution in [0.2, 0.25) is 0 Å². The molecule has 17 heavy (non-hydrogen) atoms. The van der Waals surface area contributed by atoms with Crippen LogP contribution in [0.3, 0.4) is 0 Å². The van der Waals surface area contributed by atoms with E-state index in [2.05, 4.69) is 39.5 Å². The Kier molecular flexibility index (Phi) is 6.32. The summed E-state index contributed by atoms with van der Waals surface area (Å²) in [7, 11) is 0. The van der Waals surface area contributed by atoms with Gasteiger partial charge < -0.3 is 10.6 Å². The molecule has 0 saturated carbocycles. The van der Waals surface area contributed by atoms with E-state index in [4.69, 9.17) is 0 Å². The van der Waals surface area contributed by atoms with Gasteiger partial charge in [-0.15, -0.1) is 17.9 Å². The van der Waals surface area contributed by atoms with E-state index in [1.165, 1.54) is 0 Å². The average molecular weight is 252 g/mol. The molecule has 0 aliphatic heterocycles. The fourth-order valence-electron chi connectivity index (χ4n) is 1.32. The van der Waals surface area contributed by atoms with Crippen molar-refractivity contribution in [2.24, 2.45) is 4.99 Å². The molecule has 1 heterocycles. The fourth-order valence-corrected chi connectivity index (χ4v) is 1.96. The highest BCUT2D eigenvalue weighted by molar-refractivity contribution is 7.09. The Bertz CT molecular complexity index is 370. The summed E-state index contributed by atoms with van der Waals surface area (Å²) in [6.45, 7) is 10.1. The van der Waals surface area contributed by atoms with Crippen molar-refractivity contribution in [2.45, 2.75) is 20.3 Å². The Morgan fingerprint density at radius 3 is 3.00 bits per heavy atom. The lowest BCUT2D eigenvalue weighted by atomic mass is 10.3. The number of aliphatic imine (C=N–C) groups is 1. The van der Waals surface area contributed by atoms with Crippen molar-refractivity contribution in [3.05, 3.63) is 28.7 Å². The molecule has 5 heteroatoms. The molecule has 0 spiro atoms. The number of thiazole rings is 1. The second kappa shape index (κ2) is 7.84. The van der Waals surface area contributed by atoms with Gasteiger partial charge in [0.25, 0.3) is 0 Å². The largest absolute Gasteiger partial charge is 0.357 e. The highest BCUT2D eigenvalue weighted by Gasteiger charge is 1.98. The molecule has 4 nitrogen and oxygen atoms in total. The molecule has 0 aliphatic rings. The van der Waals surface area contributed by atoms with Crippen molar-refractivity contribution in [3.63, 3.8) is 0 Å². The molecular weight excluding hydrogens is 232 g/mol. The number of hydrogen-bond donors (Lipinski definition) is 2. The monoisotopic (exact) mass is 252 g/mol. The molecule has 0 radical (unpaired) electrons. The van der Waals surface area contributed by atoms with Gasteiger partial charge in [0, 0.05) is 31.4 Å². The van der Waals surface area contributed by atoms with E-state index in [1.54, 1.807) is 11.3 Å². The second-order valence-corrected chi connectivity index (χ2v) is 4.60. The maximum atomic E-state index is 4.47. The summed E-state index contributed by atoms with van der Waals surface area (Å²) in [5.74, 6) is 0.833. The van der Waals surface area contributed by atoms with Crippen LogP contribution in [0.5, 0.6) is 0 Å². The first-order chi connectivity index (χ1) is 8.26. The quantitative estimate of drug-likeness (QED) is 0.460. The smallest absolute Gasteiger partial charge is 0.191 e. The molecule has 0 amide bonds. The van der Waals surface area contributed by atoms with Crippen molar-refractivity contribution in [1.29, 1.82) is 0 Å². The zero-order chi connectivity index (χ0) is 12.5. The number of nitrogens with zero attached hydrogens (tertiary/aromatic N) is 2. The molecule has 1 aromatic heterocycles. The number of nitrogens with one attached hydrogen (secondary N) is 2. The van der Waals surface area contributed by atoms with E-state index < -0.39 is 0 Å². The minimum atomic E-state index is 0.724. The van der Waals surface area contributed by atoms with Crippen molar-refractivity contribution in [1.82, 2.24) is 15.6 Å². The summed E-state index contributed by atoms with van der Waals surface area (Å²) in [6, 6.07) is 0. The Morgan fingerprint density at radius 1 is 1.59 bits per heavy atom. The predicted octanol–water partition coefficient (Wildman–Crippen LogP) is 1.74. The molecule has 0 aromatic carbocycles. The number of aryl methyl sites for hydroxylation is 1. The maximum Gasteiger partial charge on any atom is 0.191 e. The number of hydrogen-bond acceptors (Lipinski definition) is 3. The molecule has 0 aliphatic carbocycles. The molecule has 0 saturated heterocycles. The second-order valence-electron chi connectivity index (χ2n) is 3.54. The third-order valence-electron chi connectivity index (χ3n) is 2.06. The van der Waals surface area contributed by atoms with E-state index in [0.29, 0.717) is 0 Å². The Hall–Kier alpha value is -1.36. The van der Waals surface area contributed by atoms with Crippen LogP contribution < -0.4 is 10.6 Å². The van der Waals surface area contributed by atoms with Gasteiger partial charge in [0.2, 0.25) is 0 Å². The van der Waals surface area contributed by atoms with Gasteiger partial charge in [-0.3, -0.25) is 4.99 Å². The van der Waals surface area contributed by atoms with Gasteiger partial charge in [0.1, 0.15) is 0 Å². The van der Waals surface area contributed by atoms with Crippen molar-refractivity contribution in [3.8, 4) is 0 Å². The highest BCUT2D eigenvalue weighted by Crippen LogP contribution is 2.08. The number of aromatic nitrogens is 1. The van der Waals surface area contributed by atoms with Crippen LogP contribution in [0.1, 0.15) is 17.6 Å². The molecule has 0 fully saturated rings. The van der Waals surface area contributed by atoms with Crippen LogP contribution in [0, 0.1) is 6.92 Å². The maximum absolute atomic E-state index is 4.47. The van der Waals surface area contributed by atoms with Gasteiger partial charge in [-0.1, -0.05) is 6.08 Å². The fraction of sp³-hybridized carbons (Fsp3) is 0.500. The molecule has 0 bridgehead atoms. The Labute approximate surface area is 107 Å². The summed E-state index contributed by atoms with van der Waals surface area (Å²) in [5, 5.41) is 9.55. The zero-order valence-corrected chi connectivity index (χ0v) is 11.3. The molecule has 0 atom stereocenters. The highest BCUT2D eigenvalue weighted by atomic mass is 32.1. The molecule has 94 valence electrons. The molecule has 1 rings (SSSR count). The van der Waals surface area contributed by atoms with Crippen molar-refractivity contribution >= 4 is 17.3 Å². The van der Waals surface area contributed by atoms with Gasteiger partial charge in [-0.2, -0.15) is 0 Å². The van der Waals surface area contributed by atoms with Crippen LogP contribution in [-0.4, -0.2) is 30.6 Å². The average Bonchev–Trinajstić information content (AvgIpc) is 2.72. The first kappa shape index (κ1) is 13.7. The summed E-state index contributed by atoms with van der Waals surface area (Å²) >= 11 is 1.68. The van der Waals surface area contributed by atoms with Gasteiger partial charge in [0.05, 0.1) is 10.7 Å². The number of guanidine groups is 1. The van der Waals surface area contributed by atoms with Crippen LogP contribution >= 0.6 is 11.3 Å². The Morgan fingerprint density at radius 2 is 2.41 bits per heavy atom. The van der Waals surface area contributed by atoms with Gasteiger partial charge in [-0.25, -0.2) is 4.98 Å². The van der Waals surface area contributed by atoms with Gasteiger partial charge in [-0.05, 0) is 13.8 Å². The minimum absolute atomic E-state index is 0.724. The van der Waals surface area contributed by atoms with Crippen LogP contribution in [0.25, 0.3) is 0 Å². The third kappa shape index (κ3) is 5.49. The van der Waals surface area contributed by atoms with E-state index in [1.807, 2.05) is 13.0 Å².